The Hall–Kier alpha value is -2.55. The van der Waals surface area contributed by atoms with E-state index in [0.717, 1.165) is 38.7 Å². The highest BCUT2D eigenvalue weighted by atomic mass is 35.5. The van der Waals surface area contributed by atoms with Gasteiger partial charge in [-0.3, -0.25) is 9.52 Å². The molecule has 0 radical (unpaired) electrons. The number of nitrogens with zero attached hydrogens (tertiary/aromatic N) is 1. The van der Waals surface area contributed by atoms with E-state index in [1.54, 1.807) is 24.3 Å². The Kier molecular flexibility index (Phi) is 12.1. The number of unbranched alkanes of at least 4 members (excludes halogenated alkanes) is 3. The summed E-state index contributed by atoms with van der Waals surface area (Å²) in [5, 5.41) is 0.0364. The molecule has 0 atom stereocenters. The second-order valence-electron chi connectivity index (χ2n) is 9.94. The van der Waals surface area contributed by atoms with Gasteiger partial charge in [0.25, 0.3) is 0 Å². The Morgan fingerprint density at radius 3 is 2.20 bits per heavy atom. The van der Waals surface area contributed by atoms with Crippen molar-refractivity contribution in [2.24, 2.45) is 0 Å². The summed E-state index contributed by atoms with van der Waals surface area (Å²) < 4.78 is 63.3. The number of anilines is 1. The summed E-state index contributed by atoms with van der Waals surface area (Å²) in [6.07, 6.45) is 8.50. The highest BCUT2D eigenvalue weighted by molar-refractivity contribution is 7.92. The van der Waals surface area contributed by atoms with Crippen LogP contribution < -0.4 is 9.46 Å². The first-order chi connectivity index (χ1) is 20.0. The van der Waals surface area contributed by atoms with E-state index in [-0.39, 0.29) is 46.7 Å². The number of halogens is 1. The normalized spacial score (nSPS) is 12.6. The molecule has 1 N–H and O–H groups in total. The molecule has 3 aromatic rings. The van der Waals surface area contributed by atoms with Gasteiger partial charge in [0, 0.05) is 29.6 Å². The first-order valence-corrected chi connectivity index (χ1v) is 15.9. The van der Waals surface area contributed by atoms with Crippen LogP contribution in [0.4, 0.5) is 5.69 Å². The van der Waals surface area contributed by atoms with Gasteiger partial charge in [0.05, 0.1) is 22.5 Å². The topological polar surface area (TPSA) is 88.8 Å². The number of hydrogen-bond acceptors (Lipinski definition) is 6. The molecular formula is C31H45ClN2O5S. The van der Waals surface area contributed by atoms with Crippen LogP contribution in [0.3, 0.4) is 0 Å². The molecule has 0 aliphatic heterocycles. The van der Waals surface area contributed by atoms with Crippen LogP contribution in [0.1, 0.15) is 91.5 Å². The number of sulfonamides is 1. The summed E-state index contributed by atoms with van der Waals surface area (Å²) in [5.41, 5.74) is 0.0667. The molecule has 0 aliphatic carbocycles. The fourth-order valence-electron chi connectivity index (χ4n) is 4.37. The minimum atomic E-state index is -3.83. The van der Waals surface area contributed by atoms with Gasteiger partial charge in [-0.25, -0.2) is 8.42 Å². The molecule has 2 aromatic carbocycles. The summed E-state index contributed by atoms with van der Waals surface area (Å²) in [6, 6.07) is 5.58. The quantitative estimate of drug-likeness (QED) is 0.121. The predicted molar refractivity (Wildman–Crippen MR) is 167 cm³/mol. The monoisotopic (exact) mass is 595 g/mol. The van der Waals surface area contributed by atoms with Crippen molar-refractivity contribution in [3.05, 3.63) is 59.3 Å². The van der Waals surface area contributed by atoms with Gasteiger partial charge < -0.3 is 14.1 Å². The Balaban J connectivity index is 0.00000645. The van der Waals surface area contributed by atoms with E-state index in [9.17, 15) is 13.2 Å². The molecular weight excluding hydrogens is 548 g/mol. The molecule has 1 heterocycles. The van der Waals surface area contributed by atoms with Gasteiger partial charge in [-0.05, 0) is 81.2 Å². The molecule has 1 aromatic heterocycles. The molecule has 0 saturated heterocycles. The lowest BCUT2D eigenvalue weighted by Gasteiger charge is -2.21. The molecule has 0 spiro atoms. The van der Waals surface area contributed by atoms with Crippen molar-refractivity contribution in [1.82, 2.24) is 4.90 Å². The van der Waals surface area contributed by atoms with Gasteiger partial charge in [0.15, 0.2) is 5.78 Å². The number of nitrogens with one attached hydrogen (secondary N) is 1. The maximum Gasteiger partial charge on any atom is 0.229 e. The molecule has 0 aliphatic rings. The van der Waals surface area contributed by atoms with Gasteiger partial charge >= 0.3 is 0 Å². The van der Waals surface area contributed by atoms with Crippen molar-refractivity contribution in [2.75, 3.05) is 37.2 Å². The average Bonchev–Trinajstić information content (AvgIpc) is 3.35. The second kappa shape index (κ2) is 16.7. The van der Waals surface area contributed by atoms with Crippen LogP contribution in [0, 0.1) is 0 Å². The molecule has 0 unspecified atom stereocenters. The highest BCUT2D eigenvalue weighted by Gasteiger charge is 2.22. The zero-order chi connectivity index (χ0) is 30.9. The van der Waals surface area contributed by atoms with Gasteiger partial charge in [-0.1, -0.05) is 40.0 Å². The first-order valence-electron chi connectivity index (χ1n) is 15.5. The second-order valence-corrected chi connectivity index (χ2v) is 11.7. The van der Waals surface area contributed by atoms with Crippen molar-refractivity contribution < 1.29 is 26.5 Å². The SMILES string of the molecule is Cl.[2H]c1c(NS(C)(=O)=O)c([2H])c2c(C(=O)c3ccc(OCCCN(CCCC)CCCC)cc3)c(CCCC)oc2c1[2H]. The van der Waals surface area contributed by atoms with E-state index in [4.69, 9.17) is 13.3 Å². The van der Waals surface area contributed by atoms with E-state index in [1.807, 2.05) is 6.92 Å². The predicted octanol–water partition coefficient (Wildman–Crippen LogP) is 7.47. The van der Waals surface area contributed by atoms with Crippen molar-refractivity contribution in [3.8, 4) is 5.75 Å². The summed E-state index contributed by atoms with van der Waals surface area (Å²) in [5.74, 6) is 0.576. The molecule has 0 saturated carbocycles. The third-order valence-electron chi connectivity index (χ3n) is 6.46. The summed E-state index contributed by atoms with van der Waals surface area (Å²) in [4.78, 5) is 16.3. The summed E-state index contributed by atoms with van der Waals surface area (Å²) in [6.45, 7) is 10.2. The number of ketones is 1. The third-order valence-corrected chi connectivity index (χ3v) is 7.04. The Labute approximate surface area is 250 Å². The van der Waals surface area contributed by atoms with Crippen LogP contribution >= 0.6 is 12.4 Å². The van der Waals surface area contributed by atoms with Crippen molar-refractivity contribution in [3.63, 3.8) is 0 Å². The lowest BCUT2D eigenvalue weighted by Crippen LogP contribution is -2.28. The molecule has 0 fully saturated rings. The highest BCUT2D eigenvalue weighted by Crippen LogP contribution is 2.32. The van der Waals surface area contributed by atoms with Crippen LogP contribution in [0.15, 0.2) is 46.8 Å². The zero-order valence-corrected chi connectivity index (χ0v) is 25.7. The minimum Gasteiger partial charge on any atom is -0.494 e. The van der Waals surface area contributed by atoms with Gasteiger partial charge in [0.2, 0.25) is 10.0 Å². The lowest BCUT2D eigenvalue weighted by atomic mass is 9.98. The molecule has 0 bridgehead atoms. The number of ether oxygens (including phenoxy) is 1. The average molecular weight is 596 g/mol. The largest absolute Gasteiger partial charge is 0.494 e. The van der Waals surface area contributed by atoms with E-state index in [2.05, 4.69) is 23.5 Å². The van der Waals surface area contributed by atoms with Crippen LogP contribution in [0.5, 0.6) is 5.75 Å². The standard InChI is InChI=1S/C31H44N2O5S.ClH/c1-5-8-12-29-30(27-23-25(32-39(4,35)36)15-18-28(27)38-29)31(34)24-13-16-26(17-14-24)37-22-11-21-33(19-9-6-2)20-10-7-3;/h13-18,23,32H,5-12,19-22H2,1-4H3;1H/i15D,18D,23D;. The molecule has 9 heteroatoms. The summed E-state index contributed by atoms with van der Waals surface area (Å²) >= 11 is 0. The number of hydrogen-bond donors (Lipinski definition) is 1. The van der Waals surface area contributed by atoms with Gasteiger partial charge in [-0.2, -0.15) is 0 Å². The lowest BCUT2D eigenvalue weighted by molar-refractivity contribution is 0.103. The zero-order valence-electron chi connectivity index (χ0n) is 27.1. The molecule has 3 rings (SSSR count). The fraction of sp³-hybridized carbons (Fsp3) is 0.516. The molecule has 40 heavy (non-hydrogen) atoms. The van der Waals surface area contributed by atoms with Crippen LogP contribution in [-0.4, -0.2) is 51.6 Å². The number of carbonyl (C=O) groups is 1. The van der Waals surface area contributed by atoms with Gasteiger partial charge in [0.1, 0.15) is 17.1 Å². The number of rotatable bonds is 18. The first kappa shape index (κ1) is 29.0. The summed E-state index contributed by atoms with van der Waals surface area (Å²) in [7, 11) is -3.83. The van der Waals surface area contributed by atoms with Crippen molar-refractivity contribution in [2.45, 2.75) is 72.1 Å². The van der Waals surface area contributed by atoms with Crippen LogP contribution in [0.25, 0.3) is 11.0 Å². The number of aryl methyl sites for hydroxylation is 1. The fourth-order valence-corrected chi connectivity index (χ4v) is 4.85. The van der Waals surface area contributed by atoms with E-state index >= 15 is 0 Å². The number of fused-ring (bicyclic) bond motifs is 1. The number of carbonyl (C=O) groups excluding carboxylic acids is 1. The van der Waals surface area contributed by atoms with Crippen LogP contribution in [0.2, 0.25) is 0 Å². The maximum absolute atomic E-state index is 13.8. The number of benzene rings is 2. The number of furan rings is 1. The van der Waals surface area contributed by atoms with E-state index < -0.39 is 21.8 Å². The molecule has 222 valence electrons. The van der Waals surface area contributed by atoms with E-state index in [1.165, 1.54) is 25.7 Å². The molecule has 7 nitrogen and oxygen atoms in total. The Bertz CT molecular complexity index is 1450. The minimum absolute atomic E-state index is 0. The molecule has 0 amide bonds. The maximum atomic E-state index is 13.8. The third kappa shape index (κ3) is 10.1. The van der Waals surface area contributed by atoms with Crippen LogP contribution in [-0.2, 0) is 16.4 Å². The Morgan fingerprint density at radius 1 is 0.975 bits per heavy atom. The van der Waals surface area contributed by atoms with Crippen molar-refractivity contribution in [1.29, 1.82) is 0 Å². The smallest absolute Gasteiger partial charge is 0.229 e. The Morgan fingerprint density at radius 2 is 1.60 bits per heavy atom. The van der Waals surface area contributed by atoms with Gasteiger partial charge in [-0.15, -0.1) is 12.4 Å². The van der Waals surface area contributed by atoms with E-state index in [0.29, 0.717) is 36.5 Å². The van der Waals surface area contributed by atoms with Crippen molar-refractivity contribution >= 4 is 44.9 Å².